The van der Waals surface area contributed by atoms with Gasteiger partial charge >= 0.3 is 13.5 Å². The predicted molar refractivity (Wildman–Crippen MR) is 71.6 cm³/mol. The van der Waals surface area contributed by atoms with Gasteiger partial charge in [0.25, 0.3) is 0 Å². The highest BCUT2D eigenvalue weighted by Gasteiger charge is 2.49. The maximum atomic E-state index is 11.9. The van der Waals surface area contributed by atoms with Crippen molar-refractivity contribution in [3.8, 4) is 0 Å². The summed E-state index contributed by atoms with van der Waals surface area (Å²) in [4.78, 5) is 33.4. The van der Waals surface area contributed by atoms with Gasteiger partial charge in [0.15, 0.2) is 6.23 Å². The monoisotopic (exact) mass is 337 g/mol. The molecule has 1 aromatic rings. The highest BCUT2D eigenvalue weighted by Crippen LogP contribution is 2.44. The Kier molecular flexibility index (Phi) is 4.97. The number of ether oxygens (including phenoxy) is 2. The molecule has 0 bridgehead atoms. The smallest absolute Gasteiger partial charge is 0.394 e. The number of aromatic nitrogens is 2. The summed E-state index contributed by atoms with van der Waals surface area (Å²) in [5, 5.41) is 9.28. The standard InChI is InChI=1S/C10H16N3O8P/c1-19-7-5(4-14)20-9(8(7)21-22(16,17)18)13-3-2-6(11)12-10(13)15/h2-3,5,7-9,14H,4H2,1H3,(H2,11,12,15)(H2,16,17,18)/t5-,7-,8-,9-/m1/s1. The summed E-state index contributed by atoms with van der Waals surface area (Å²) >= 11 is 0. The van der Waals surface area contributed by atoms with Crippen LogP contribution in [-0.4, -0.2) is 56.5 Å². The molecule has 1 fully saturated rings. The Morgan fingerprint density at radius 3 is 2.68 bits per heavy atom. The van der Waals surface area contributed by atoms with Crippen LogP contribution < -0.4 is 11.4 Å². The number of hydrogen-bond donors (Lipinski definition) is 4. The molecule has 5 N–H and O–H groups in total. The fourth-order valence-electron chi connectivity index (χ4n) is 2.25. The van der Waals surface area contributed by atoms with Crippen LogP contribution in [-0.2, 0) is 18.6 Å². The lowest BCUT2D eigenvalue weighted by Gasteiger charge is -2.23. The first kappa shape index (κ1) is 17.0. The van der Waals surface area contributed by atoms with E-state index in [2.05, 4.69) is 9.51 Å². The molecule has 0 saturated carbocycles. The largest absolute Gasteiger partial charge is 0.470 e. The van der Waals surface area contributed by atoms with Crippen molar-refractivity contribution in [2.45, 2.75) is 24.5 Å². The SMILES string of the molecule is CO[C@H]1[C@@H](OP(=O)(O)O)[C@H](n2ccc(N)nc2=O)O[C@@H]1CO. The lowest BCUT2D eigenvalue weighted by atomic mass is 10.1. The van der Waals surface area contributed by atoms with E-state index in [-0.39, 0.29) is 5.82 Å². The second kappa shape index (κ2) is 6.42. The van der Waals surface area contributed by atoms with Gasteiger partial charge in [-0.1, -0.05) is 0 Å². The van der Waals surface area contributed by atoms with Crippen molar-refractivity contribution in [1.82, 2.24) is 9.55 Å². The Hall–Kier alpha value is -1.33. The van der Waals surface area contributed by atoms with Crippen molar-refractivity contribution in [3.63, 3.8) is 0 Å². The molecule has 0 aromatic carbocycles. The average molecular weight is 337 g/mol. The molecule has 124 valence electrons. The van der Waals surface area contributed by atoms with E-state index in [1.165, 1.54) is 19.4 Å². The van der Waals surface area contributed by atoms with Crippen LogP contribution in [0.5, 0.6) is 0 Å². The highest BCUT2D eigenvalue weighted by atomic mass is 31.2. The molecule has 2 rings (SSSR count). The maximum Gasteiger partial charge on any atom is 0.470 e. The summed E-state index contributed by atoms with van der Waals surface area (Å²) in [5.41, 5.74) is 4.59. The lowest BCUT2D eigenvalue weighted by Crippen LogP contribution is -2.38. The highest BCUT2D eigenvalue weighted by molar-refractivity contribution is 7.46. The molecule has 0 amide bonds. The third-order valence-electron chi connectivity index (χ3n) is 3.12. The molecule has 1 aromatic heterocycles. The number of hydrogen-bond acceptors (Lipinski definition) is 8. The summed E-state index contributed by atoms with van der Waals surface area (Å²) in [6.07, 6.45) is -3.25. The molecule has 22 heavy (non-hydrogen) atoms. The van der Waals surface area contributed by atoms with E-state index < -0.39 is 44.7 Å². The van der Waals surface area contributed by atoms with Crippen molar-refractivity contribution in [2.75, 3.05) is 19.5 Å². The maximum absolute atomic E-state index is 11.9. The molecule has 2 heterocycles. The van der Waals surface area contributed by atoms with Gasteiger partial charge in [-0.2, -0.15) is 4.98 Å². The lowest BCUT2D eigenvalue weighted by molar-refractivity contribution is -0.0565. The summed E-state index contributed by atoms with van der Waals surface area (Å²) in [6, 6.07) is 1.31. The normalized spacial score (nSPS) is 28.9. The van der Waals surface area contributed by atoms with E-state index in [9.17, 15) is 14.5 Å². The molecular weight excluding hydrogens is 321 g/mol. The number of methoxy groups -OCH3 is 1. The van der Waals surface area contributed by atoms with Crippen LogP contribution in [0.4, 0.5) is 5.82 Å². The van der Waals surface area contributed by atoms with Gasteiger partial charge in [-0.25, -0.2) is 9.36 Å². The van der Waals surface area contributed by atoms with Crippen LogP contribution in [0.15, 0.2) is 17.1 Å². The minimum atomic E-state index is -4.89. The van der Waals surface area contributed by atoms with Crippen molar-refractivity contribution in [1.29, 1.82) is 0 Å². The fourth-order valence-corrected chi connectivity index (χ4v) is 2.80. The number of nitrogen functional groups attached to an aromatic ring is 1. The number of phosphoric ester groups is 1. The second-order valence-corrected chi connectivity index (χ2v) is 5.74. The third-order valence-corrected chi connectivity index (χ3v) is 3.64. The molecule has 1 saturated heterocycles. The minimum absolute atomic E-state index is 0.0197. The number of nitrogens with zero attached hydrogens (tertiary/aromatic N) is 2. The molecule has 1 aliphatic rings. The first-order valence-electron chi connectivity index (χ1n) is 6.14. The van der Waals surface area contributed by atoms with E-state index in [1.54, 1.807) is 0 Å². The second-order valence-electron chi connectivity index (χ2n) is 4.55. The quantitative estimate of drug-likeness (QED) is 0.450. The van der Waals surface area contributed by atoms with Gasteiger partial charge in [-0.05, 0) is 6.07 Å². The number of nitrogens with two attached hydrogens (primary N) is 1. The number of anilines is 1. The number of aliphatic hydroxyl groups is 1. The minimum Gasteiger partial charge on any atom is -0.394 e. The summed E-state index contributed by atoms with van der Waals surface area (Å²) in [6.45, 7) is -0.493. The first-order chi connectivity index (χ1) is 10.3. The number of phosphoric acid groups is 1. The van der Waals surface area contributed by atoms with Gasteiger partial charge in [0, 0.05) is 13.3 Å². The molecule has 0 spiro atoms. The Morgan fingerprint density at radius 2 is 2.18 bits per heavy atom. The molecule has 0 aliphatic carbocycles. The van der Waals surface area contributed by atoms with E-state index in [1.807, 2.05) is 0 Å². The van der Waals surface area contributed by atoms with Crippen LogP contribution in [0.25, 0.3) is 0 Å². The van der Waals surface area contributed by atoms with E-state index in [4.69, 9.17) is 25.0 Å². The average Bonchev–Trinajstić information content (AvgIpc) is 2.74. The molecule has 0 unspecified atom stereocenters. The Morgan fingerprint density at radius 1 is 1.50 bits per heavy atom. The van der Waals surface area contributed by atoms with Gasteiger partial charge in [0.2, 0.25) is 0 Å². The third kappa shape index (κ3) is 3.52. The summed E-state index contributed by atoms with van der Waals surface area (Å²) in [5.74, 6) is -0.0197. The summed E-state index contributed by atoms with van der Waals surface area (Å²) in [7, 11) is -3.62. The predicted octanol–water partition coefficient (Wildman–Crippen LogP) is -1.79. The topological polar surface area (TPSA) is 166 Å². The number of rotatable bonds is 5. The number of aliphatic hydroxyl groups excluding tert-OH is 1. The zero-order chi connectivity index (χ0) is 16.5. The molecule has 12 heteroatoms. The van der Waals surface area contributed by atoms with Crippen molar-refractivity contribution < 1.29 is 33.5 Å². The van der Waals surface area contributed by atoms with Crippen LogP contribution in [0.2, 0.25) is 0 Å². The van der Waals surface area contributed by atoms with Gasteiger partial charge in [-0.3, -0.25) is 9.09 Å². The van der Waals surface area contributed by atoms with E-state index >= 15 is 0 Å². The van der Waals surface area contributed by atoms with Gasteiger partial charge in [0.1, 0.15) is 24.1 Å². The van der Waals surface area contributed by atoms with E-state index in [0.717, 1.165) is 4.57 Å². The van der Waals surface area contributed by atoms with Crippen LogP contribution >= 0.6 is 7.82 Å². The van der Waals surface area contributed by atoms with E-state index in [0.29, 0.717) is 0 Å². The fraction of sp³-hybridized carbons (Fsp3) is 0.600. The Balaban J connectivity index is 2.42. The van der Waals surface area contributed by atoms with Crippen molar-refractivity contribution in [3.05, 3.63) is 22.7 Å². The first-order valence-corrected chi connectivity index (χ1v) is 7.67. The van der Waals surface area contributed by atoms with Crippen molar-refractivity contribution >= 4 is 13.6 Å². The molecule has 11 nitrogen and oxygen atoms in total. The van der Waals surface area contributed by atoms with Crippen LogP contribution in [0, 0.1) is 0 Å². The zero-order valence-electron chi connectivity index (χ0n) is 11.5. The Labute approximate surface area is 124 Å². The molecular formula is C10H16N3O8P. The zero-order valence-corrected chi connectivity index (χ0v) is 12.4. The van der Waals surface area contributed by atoms with Gasteiger partial charge < -0.3 is 30.1 Å². The van der Waals surface area contributed by atoms with Crippen LogP contribution in [0.1, 0.15) is 6.23 Å². The summed E-state index contributed by atoms with van der Waals surface area (Å²) < 4.78 is 27.3. The van der Waals surface area contributed by atoms with Gasteiger partial charge in [0.05, 0.1) is 6.61 Å². The molecule has 0 radical (unpaired) electrons. The molecule has 4 atom stereocenters. The van der Waals surface area contributed by atoms with Gasteiger partial charge in [-0.15, -0.1) is 0 Å². The molecule has 1 aliphatic heterocycles. The van der Waals surface area contributed by atoms with Crippen molar-refractivity contribution in [2.24, 2.45) is 0 Å². The van der Waals surface area contributed by atoms with Crippen LogP contribution in [0.3, 0.4) is 0 Å². The Bertz CT molecular complexity index is 631.